The molecule has 19 heavy (non-hydrogen) atoms. The fourth-order valence-electron chi connectivity index (χ4n) is 0.242. The van der Waals surface area contributed by atoms with Gasteiger partial charge in [-0.05, 0) is 6.92 Å². The van der Waals surface area contributed by atoms with Crippen molar-refractivity contribution in [3.05, 3.63) is 0 Å². The summed E-state index contributed by atoms with van der Waals surface area (Å²) < 4.78 is 0. The van der Waals surface area contributed by atoms with E-state index in [2.05, 4.69) is 5.73 Å². The second kappa shape index (κ2) is 17.0. The van der Waals surface area contributed by atoms with Crippen molar-refractivity contribution in [3.63, 3.8) is 0 Å². The van der Waals surface area contributed by atoms with E-state index in [1.165, 1.54) is 6.92 Å². The largest absolute Gasteiger partial charge is 0.394 e. The third kappa shape index (κ3) is 22.6. The first-order valence-electron chi connectivity index (χ1n) is 5.25. The third-order valence-corrected chi connectivity index (χ3v) is 1.34. The van der Waals surface area contributed by atoms with Crippen molar-refractivity contribution >= 4 is 6.03 Å². The molecular weight excluding hydrogens is 264 g/mol. The van der Waals surface area contributed by atoms with E-state index in [4.69, 9.17) is 35.7 Å². The first-order chi connectivity index (χ1) is 8.80. The Morgan fingerprint density at radius 3 is 1.32 bits per heavy atom. The number of aliphatic hydroxyl groups excluding tert-OH is 7. The van der Waals surface area contributed by atoms with Crippen molar-refractivity contribution in [3.8, 4) is 0 Å². The van der Waals surface area contributed by atoms with Gasteiger partial charge in [0.25, 0.3) is 0 Å². The van der Waals surface area contributed by atoms with Crippen molar-refractivity contribution in [2.24, 2.45) is 5.73 Å². The summed E-state index contributed by atoms with van der Waals surface area (Å²) >= 11 is 0. The molecule has 9 N–H and O–H groups in total. The van der Waals surface area contributed by atoms with Crippen LogP contribution in [-0.4, -0.2) is 92.2 Å². The third-order valence-electron chi connectivity index (χ3n) is 1.34. The molecule has 0 bridgehead atoms. The number of amides is 2. The molecule has 0 aliphatic heterocycles. The molecule has 10 heteroatoms. The quantitative estimate of drug-likeness (QED) is 0.234. The Bertz CT molecular complexity index is 185. The van der Waals surface area contributed by atoms with Crippen LogP contribution in [0.4, 0.5) is 4.79 Å². The Labute approximate surface area is 110 Å². The van der Waals surface area contributed by atoms with E-state index < -0.39 is 31.7 Å². The summed E-state index contributed by atoms with van der Waals surface area (Å²) in [6, 6.07) is -0.838. The minimum Gasteiger partial charge on any atom is -0.394 e. The summed E-state index contributed by atoms with van der Waals surface area (Å²) in [4.78, 5) is 10.7. The number of carbonyl (C=O) groups is 1. The summed E-state index contributed by atoms with van der Waals surface area (Å²) in [5.74, 6) is 0. The van der Waals surface area contributed by atoms with Crippen LogP contribution in [0.3, 0.4) is 0 Å². The number of urea groups is 1. The number of carbonyl (C=O) groups excluding carboxylic acids is 1. The lowest BCUT2D eigenvalue weighted by Crippen LogP contribution is -2.36. The van der Waals surface area contributed by atoms with Crippen LogP contribution < -0.4 is 5.73 Å². The van der Waals surface area contributed by atoms with Crippen LogP contribution in [0.25, 0.3) is 0 Å². The highest BCUT2D eigenvalue weighted by Crippen LogP contribution is 1.78. The van der Waals surface area contributed by atoms with E-state index in [1.54, 1.807) is 0 Å². The molecule has 0 saturated heterocycles. The number of rotatable bonds is 5. The molecule has 0 radical (unpaired) electrons. The number of hydrogen-bond donors (Lipinski definition) is 8. The molecule has 0 heterocycles. The van der Waals surface area contributed by atoms with E-state index in [0.29, 0.717) is 4.90 Å². The molecule has 10 nitrogen and oxygen atoms in total. The van der Waals surface area contributed by atoms with Gasteiger partial charge in [0.05, 0.1) is 25.9 Å². The molecule has 1 unspecified atom stereocenters. The maximum Gasteiger partial charge on any atom is 0.318 e. The standard InChI is InChI=1S/C3H8N2O3.C3H8O3.C3H8O2/c4-3(8)5(1-6)2-7;4-1-3(6)2-5;1-3(5)2-4/h6-7H,1-2H2,(H2,4,8);3-6H,1-2H2;3-5H,2H2,1H3. The van der Waals surface area contributed by atoms with Gasteiger partial charge in [-0.3, -0.25) is 4.90 Å². The molecule has 0 aliphatic carbocycles. The minimum absolute atomic E-state index is 0.139. The number of nitrogens with zero attached hydrogens (tertiary/aromatic N) is 1. The van der Waals surface area contributed by atoms with Gasteiger partial charge < -0.3 is 41.5 Å². The van der Waals surface area contributed by atoms with E-state index in [0.717, 1.165) is 0 Å². The second-order valence-electron chi connectivity index (χ2n) is 3.21. The average molecular weight is 288 g/mol. The molecular formula is C9H24N2O8. The second-order valence-corrected chi connectivity index (χ2v) is 3.21. The highest BCUT2D eigenvalue weighted by Gasteiger charge is 2.02. The van der Waals surface area contributed by atoms with Crippen LogP contribution in [-0.2, 0) is 0 Å². The normalized spacial score (nSPS) is 10.8. The van der Waals surface area contributed by atoms with Gasteiger partial charge in [-0.1, -0.05) is 0 Å². The zero-order valence-electron chi connectivity index (χ0n) is 10.8. The van der Waals surface area contributed by atoms with Crippen LogP contribution in [0, 0.1) is 0 Å². The molecule has 0 fully saturated rings. The Morgan fingerprint density at radius 1 is 1.00 bits per heavy atom. The van der Waals surface area contributed by atoms with Crippen LogP contribution in [0.2, 0.25) is 0 Å². The maximum absolute atomic E-state index is 9.99. The van der Waals surface area contributed by atoms with Gasteiger partial charge >= 0.3 is 6.03 Å². The van der Waals surface area contributed by atoms with Crippen molar-refractivity contribution in [1.82, 2.24) is 4.90 Å². The van der Waals surface area contributed by atoms with Gasteiger partial charge in [0, 0.05) is 0 Å². The van der Waals surface area contributed by atoms with Crippen LogP contribution in [0.1, 0.15) is 6.92 Å². The zero-order valence-corrected chi connectivity index (χ0v) is 10.8. The van der Waals surface area contributed by atoms with Crippen LogP contribution in [0.15, 0.2) is 0 Å². The molecule has 118 valence electrons. The predicted octanol–water partition coefficient (Wildman–Crippen LogP) is -4.04. The number of hydrogen-bond acceptors (Lipinski definition) is 8. The molecule has 0 aliphatic rings. The lowest BCUT2D eigenvalue weighted by Gasteiger charge is -2.11. The Morgan fingerprint density at radius 2 is 1.32 bits per heavy atom. The fourth-order valence-corrected chi connectivity index (χ4v) is 0.242. The Balaban J connectivity index is -0.000000209. The topological polar surface area (TPSA) is 188 Å². The lowest BCUT2D eigenvalue weighted by molar-refractivity contribution is 0.0450. The SMILES string of the molecule is CC(O)CO.NC(=O)N(CO)CO.OCC(O)CO. The highest BCUT2D eigenvalue weighted by molar-refractivity contribution is 5.71. The highest BCUT2D eigenvalue weighted by atomic mass is 16.3. The lowest BCUT2D eigenvalue weighted by atomic mass is 10.4. The monoisotopic (exact) mass is 288 g/mol. The first-order valence-corrected chi connectivity index (χ1v) is 5.25. The van der Waals surface area contributed by atoms with Gasteiger partial charge in [-0.15, -0.1) is 0 Å². The number of aliphatic hydroxyl groups is 7. The van der Waals surface area contributed by atoms with Crippen molar-refractivity contribution in [1.29, 1.82) is 0 Å². The summed E-state index contributed by atoms with van der Waals surface area (Å²) in [5.41, 5.74) is 4.62. The van der Waals surface area contributed by atoms with Gasteiger partial charge in [0.2, 0.25) is 0 Å². The van der Waals surface area contributed by atoms with E-state index >= 15 is 0 Å². The van der Waals surface area contributed by atoms with Gasteiger partial charge in [0.1, 0.15) is 19.6 Å². The maximum atomic E-state index is 9.99. The van der Waals surface area contributed by atoms with Crippen molar-refractivity contribution in [2.75, 3.05) is 33.3 Å². The van der Waals surface area contributed by atoms with Gasteiger partial charge in [-0.2, -0.15) is 0 Å². The molecule has 2 amide bonds. The van der Waals surface area contributed by atoms with Crippen LogP contribution in [0.5, 0.6) is 0 Å². The molecule has 1 atom stereocenters. The summed E-state index contributed by atoms with van der Waals surface area (Å²) in [7, 11) is 0. The van der Waals surface area contributed by atoms with Crippen LogP contribution >= 0.6 is 0 Å². The summed E-state index contributed by atoms with van der Waals surface area (Å²) in [6.07, 6.45) is -1.51. The van der Waals surface area contributed by atoms with Gasteiger partial charge in [0.15, 0.2) is 0 Å². The summed E-state index contributed by atoms with van der Waals surface area (Å²) in [6.45, 7) is -0.440. The van der Waals surface area contributed by atoms with E-state index in [-0.39, 0.29) is 19.8 Å². The molecule has 0 aromatic carbocycles. The minimum atomic E-state index is -0.954. The fraction of sp³-hybridized carbons (Fsp3) is 0.889. The number of primary amides is 1. The Kier molecular flexibility index (Phi) is 20.7. The van der Waals surface area contributed by atoms with Crippen molar-refractivity contribution in [2.45, 2.75) is 19.1 Å². The average Bonchev–Trinajstić information content (AvgIpc) is 2.40. The molecule has 0 rings (SSSR count). The Hall–Kier alpha value is -1.01. The summed E-state index contributed by atoms with van der Waals surface area (Å²) in [5, 5.41) is 56.3. The number of nitrogens with two attached hydrogens (primary N) is 1. The molecule has 0 spiro atoms. The van der Waals surface area contributed by atoms with E-state index in [1.807, 2.05) is 0 Å². The predicted molar refractivity (Wildman–Crippen MR) is 64.5 cm³/mol. The molecule has 0 aromatic rings. The van der Waals surface area contributed by atoms with Crippen molar-refractivity contribution < 1.29 is 40.5 Å². The smallest absolute Gasteiger partial charge is 0.318 e. The van der Waals surface area contributed by atoms with E-state index in [9.17, 15) is 4.79 Å². The first kappa shape index (κ1) is 23.1. The van der Waals surface area contributed by atoms with Gasteiger partial charge in [-0.25, -0.2) is 4.79 Å². The zero-order chi connectivity index (χ0) is 15.8. The molecule has 0 saturated carbocycles. The molecule has 0 aromatic heterocycles.